The van der Waals surface area contributed by atoms with Crippen LogP contribution < -0.4 is 10.1 Å². The van der Waals surface area contributed by atoms with Gasteiger partial charge in [-0.05, 0) is 53.9 Å². The minimum Gasteiger partial charge on any atom is -0.489 e. The molecule has 0 heterocycles. The average Bonchev–Trinajstić information content (AvgIpc) is 2.76. The highest BCUT2D eigenvalue weighted by molar-refractivity contribution is 5.94. The predicted molar refractivity (Wildman–Crippen MR) is 134 cm³/mol. The van der Waals surface area contributed by atoms with E-state index in [9.17, 15) is 14.4 Å². The van der Waals surface area contributed by atoms with Gasteiger partial charge in [-0.1, -0.05) is 63.2 Å². The zero-order chi connectivity index (χ0) is 25.8. The Morgan fingerprint density at radius 1 is 0.971 bits per heavy atom. The number of amides is 1. The second-order valence-corrected chi connectivity index (χ2v) is 9.78. The largest absolute Gasteiger partial charge is 0.489 e. The summed E-state index contributed by atoms with van der Waals surface area (Å²) in [5.41, 5.74) is 2.12. The summed E-state index contributed by atoms with van der Waals surface area (Å²) in [4.78, 5) is 32.3. The van der Waals surface area contributed by atoms with Crippen LogP contribution in [0.5, 0.6) is 5.75 Å². The molecule has 1 fully saturated rings. The van der Waals surface area contributed by atoms with Crippen molar-refractivity contribution in [3.05, 3.63) is 77.9 Å². The summed E-state index contributed by atoms with van der Waals surface area (Å²) in [6.07, 6.45) is 5.07. The number of ether oxygens (including phenoxy) is 1. The average molecular weight is 482 g/mol. The van der Waals surface area contributed by atoms with Crippen LogP contribution in [0.15, 0.2) is 66.7 Å². The Morgan fingerprint density at radius 3 is 2.20 bits per heavy atom. The first-order valence-corrected chi connectivity index (χ1v) is 11.7. The van der Waals surface area contributed by atoms with Crippen molar-refractivity contribution >= 4 is 17.8 Å². The SMILES string of the molecule is CC1CC(NC(=O)/C=C\C(=O)O)CC(C)(C)C1.O=C(O)Cc1ccc(OCc2ccccc2)cc1. The Labute approximate surface area is 206 Å². The van der Waals surface area contributed by atoms with Gasteiger partial charge in [0, 0.05) is 18.2 Å². The predicted octanol–water partition coefficient (Wildman–Crippen LogP) is 4.85. The van der Waals surface area contributed by atoms with Gasteiger partial charge in [0.25, 0.3) is 0 Å². The van der Waals surface area contributed by atoms with Crippen molar-refractivity contribution in [2.75, 3.05) is 0 Å². The van der Waals surface area contributed by atoms with Gasteiger partial charge in [-0.2, -0.15) is 0 Å². The molecular weight excluding hydrogens is 446 g/mol. The van der Waals surface area contributed by atoms with Gasteiger partial charge in [-0.15, -0.1) is 0 Å². The van der Waals surface area contributed by atoms with Gasteiger partial charge in [-0.25, -0.2) is 4.79 Å². The highest BCUT2D eigenvalue weighted by Gasteiger charge is 2.32. The Hall–Kier alpha value is -3.61. The summed E-state index contributed by atoms with van der Waals surface area (Å²) in [7, 11) is 0. The molecule has 35 heavy (non-hydrogen) atoms. The number of benzene rings is 2. The number of aliphatic carboxylic acids is 2. The summed E-state index contributed by atoms with van der Waals surface area (Å²) in [6, 6.07) is 17.2. The van der Waals surface area contributed by atoms with Crippen LogP contribution in [0, 0.1) is 11.3 Å². The molecule has 2 aromatic carbocycles. The Kier molecular flexibility index (Phi) is 10.5. The number of carboxylic acid groups (broad SMARTS) is 2. The van der Waals surface area contributed by atoms with Crippen LogP contribution >= 0.6 is 0 Å². The molecule has 2 aromatic rings. The fourth-order valence-corrected chi connectivity index (χ4v) is 4.47. The third kappa shape index (κ3) is 11.4. The van der Waals surface area contributed by atoms with Crippen molar-refractivity contribution in [3.8, 4) is 5.75 Å². The standard InChI is InChI=1S/C15H14O3.C13H21NO3/c16-15(17)10-12-6-8-14(9-7-12)18-11-13-4-2-1-3-5-13;1-9-6-10(8-13(2,3)7-9)14-11(15)4-5-12(16)17/h1-9H,10-11H2,(H,16,17);4-5,9-10H,6-8H2,1-3H3,(H,14,15)(H,16,17)/b;5-4-. The first kappa shape index (κ1) is 27.6. The maximum Gasteiger partial charge on any atom is 0.328 e. The number of carbonyl (C=O) groups is 3. The number of nitrogens with one attached hydrogen (secondary N) is 1. The van der Waals surface area contributed by atoms with Gasteiger partial charge in [0.05, 0.1) is 6.42 Å². The van der Waals surface area contributed by atoms with Crippen molar-refractivity contribution < 1.29 is 29.3 Å². The second kappa shape index (κ2) is 13.3. The molecule has 0 radical (unpaired) electrons. The monoisotopic (exact) mass is 481 g/mol. The molecule has 3 N–H and O–H groups in total. The molecular formula is C28H35NO6. The smallest absolute Gasteiger partial charge is 0.328 e. The Balaban J connectivity index is 0.000000247. The highest BCUT2D eigenvalue weighted by atomic mass is 16.5. The van der Waals surface area contributed by atoms with Crippen LogP contribution in [0.3, 0.4) is 0 Å². The van der Waals surface area contributed by atoms with E-state index in [0.717, 1.165) is 41.9 Å². The van der Waals surface area contributed by atoms with E-state index < -0.39 is 11.9 Å². The van der Waals surface area contributed by atoms with Crippen LogP contribution in [0.4, 0.5) is 0 Å². The number of carboxylic acids is 2. The summed E-state index contributed by atoms with van der Waals surface area (Å²) in [5, 5.41) is 20.0. The molecule has 1 saturated carbocycles. The lowest BCUT2D eigenvalue weighted by molar-refractivity contribution is -0.136. The van der Waals surface area contributed by atoms with E-state index in [4.69, 9.17) is 14.9 Å². The number of rotatable bonds is 8. The second-order valence-electron chi connectivity index (χ2n) is 9.78. The maximum absolute atomic E-state index is 11.5. The lowest BCUT2D eigenvalue weighted by Gasteiger charge is -2.39. The molecule has 1 amide bonds. The molecule has 1 aliphatic carbocycles. The van der Waals surface area contributed by atoms with Crippen LogP contribution in [-0.2, 0) is 27.4 Å². The van der Waals surface area contributed by atoms with Crippen molar-refractivity contribution in [2.24, 2.45) is 11.3 Å². The van der Waals surface area contributed by atoms with Crippen LogP contribution in [0.1, 0.15) is 51.2 Å². The molecule has 2 atom stereocenters. The van der Waals surface area contributed by atoms with Gasteiger partial charge >= 0.3 is 11.9 Å². The summed E-state index contributed by atoms with van der Waals surface area (Å²) >= 11 is 0. The lowest BCUT2D eigenvalue weighted by atomic mass is 9.70. The van der Waals surface area contributed by atoms with E-state index in [1.165, 1.54) is 6.42 Å². The normalized spacial score (nSPS) is 18.7. The molecule has 0 aromatic heterocycles. The molecule has 2 unspecified atom stereocenters. The summed E-state index contributed by atoms with van der Waals surface area (Å²) < 4.78 is 5.60. The first-order valence-electron chi connectivity index (χ1n) is 11.7. The van der Waals surface area contributed by atoms with Crippen molar-refractivity contribution in [1.29, 1.82) is 0 Å². The quantitative estimate of drug-likeness (QED) is 0.465. The zero-order valence-electron chi connectivity index (χ0n) is 20.6. The van der Waals surface area contributed by atoms with Crippen molar-refractivity contribution in [2.45, 2.75) is 59.1 Å². The van der Waals surface area contributed by atoms with Gasteiger partial charge in [0.1, 0.15) is 12.4 Å². The topological polar surface area (TPSA) is 113 Å². The Morgan fingerprint density at radius 2 is 1.63 bits per heavy atom. The molecule has 0 aliphatic heterocycles. The number of carbonyl (C=O) groups excluding carboxylic acids is 1. The maximum atomic E-state index is 11.5. The summed E-state index contributed by atoms with van der Waals surface area (Å²) in [5.74, 6) is -0.909. The Bertz CT molecular complexity index is 998. The van der Waals surface area contributed by atoms with E-state index in [0.29, 0.717) is 12.5 Å². The van der Waals surface area contributed by atoms with Crippen molar-refractivity contribution in [1.82, 2.24) is 5.32 Å². The fourth-order valence-electron chi connectivity index (χ4n) is 4.47. The van der Waals surface area contributed by atoms with E-state index in [-0.39, 0.29) is 23.8 Å². The van der Waals surface area contributed by atoms with Gasteiger partial charge in [0.2, 0.25) is 5.91 Å². The molecule has 0 bridgehead atoms. The third-order valence-corrected chi connectivity index (χ3v) is 5.64. The fraction of sp³-hybridized carbons (Fsp3) is 0.393. The van der Waals surface area contributed by atoms with E-state index in [1.54, 1.807) is 24.3 Å². The molecule has 7 nitrogen and oxygen atoms in total. The van der Waals surface area contributed by atoms with Crippen LogP contribution in [0.2, 0.25) is 0 Å². The van der Waals surface area contributed by atoms with Gasteiger partial charge < -0.3 is 20.3 Å². The molecule has 1 aliphatic rings. The van der Waals surface area contributed by atoms with Crippen LogP contribution in [0.25, 0.3) is 0 Å². The van der Waals surface area contributed by atoms with Crippen LogP contribution in [-0.4, -0.2) is 34.1 Å². The van der Waals surface area contributed by atoms with E-state index in [2.05, 4.69) is 26.1 Å². The van der Waals surface area contributed by atoms with E-state index in [1.807, 2.05) is 30.3 Å². The van der Waals surface area contributed by atoms with Gasteiger partial charge in [-0.3, -0.25) is 9.59 Å². The zero-order valence-corrected chi connectivity index (χ0v) is 20.6. The highest BCUT2D eigenvalue weighted by Crippen LogP contribution is 2.38. The van der Waals surface area contributed by atoms with E-state index >= 15 is 0 Å². The molecule has 0 saturated heterocycles. The molecule has 3 rings (SSSR count). The summed E-state index contributed by atoms with van der Waals surface area (Å²) in [6.45, 7) is 7.11. The molecule has 188 valence electrons. The molecule has 7 heteroatoms. The minimum absolute atomic E-state index is 0.0406. The molecule has 0 spiro atoms. The number of hydrogen-bond donors (Lipinski definition) is 3. The first-order chi connectivity index (χ1) is 16.5. The lowest BCUT2D eigenvalue weighted by Crippen LogP contribution is -2.42. The number of hydrogen-bond acceptors (Lipinski definition) is 4. The van der Waals surface area contributed by atoms with Gasteiger partial charge in [0.15, 0.2) is 0 Å². The van der Waals surface area contributed by atoms with Crippen molar-refractivity contribution in [3.63, 3.8) is 0 Å². The minimum atomic E-state index is -1.10. The third-order valence-electron chi connectivity index (χ3n) is 5.64.